The lowest BCUT2D eigenvalue weighted by Crippen LogP contribution is -2.20. The van der Waals surface area contributed by atoms with Crippen molar-refractivity contribution in [2.75, 3.05) is 5.32 Å². The summed E-state index contributed by atoms with van der Waals surface area (Å²) < 4.78 is 53.8. The van der Waals surface area contributed by atoms with Crippen LogP contribution in [0.2, 0.25) is 0 Å². The third-order valence-corrected chi connectivity index (χ3v) is 3.86. The highest BCUT2D eigenvalue weighted by molar-refractivity contribution is 5.91. The van der Waals surface area contributed by atoms with Gasteiger partial charge in [0.2, 0.25) is 5.91 Å². The number of fused-ring (bicyclic) bond motifs is 1. The molecule has 0 saturated carbocycles. The maximum Gasteiger partial charge on any atom is 0.280 e. The third kappa shape index (κ3) is 3.88. The number of rotatable bonds is 5. The van der Waals surface area contributed by atoms with E-state index in [1.807, 2.05) is 6.92 Å². The molecule has 0 radical (unpaired) electrons. The molecule has 0 bridgehead atoms. The van der Waals surface area contributed by atoms with E-state index in [2.05, 4.69) is 20.4 Å². The van der Waals surface area contributed by atoms with Crippen LogP contribution in [0.5, 0.6) is 0 Å². The van der Waals surface area contributed by atoms with Crippen LogP contribution in [0.15, 0.2) is 24.4 Å². The molecule has 3 aromatic rings. The molecular formula is C17H15F4N5O. The summed E-state index contributed by atoms with van der Waals surface area (Å²) in [5.41, 5.74) is -0.506. The highest BCUT2D eigenvalue weighted by atomic mass is 19.3. The first-order valence-corrected chi connectivity index (χ1v) is 7.93. The summed E-state index contributed by atoms with van der Waals surface area (Å²) in [6, 6.07) is 4.07. The Kier molecular flexibility index (Phi) is 5.06. The number of hydrogen-bond acceptors (Lipinski definition) is 4. The fourth-order valence-corrected chi connectivity index (χ4v) is 2.72. The number of pyridine rings is 2. The Morgan fingerprint density at radius 2 is 1.93 bits per heavy atom. The zero-order chi connectivity index (χ0) is 19.7. The van der Waals surface area contributed by atoms with Crippen molar-refractivity contribution < 1.29 is 22.4 Å². The third-order valence-electron chi connectivity index (χ3n) is 3.86. The van der Waals surface area contributed by atoms with Crippen molar-refractivity contribution in [3.8, 4) is 0 Å². The Morgan fingerprint density at radius 1 is 1.19 bits per heavy atom. The minimum absolute atomic E-state index is 0.0316. The van der Waals surface area contributed by atoms with E-state index in [-0.39, 0.29) is 23.3 Å². The molecule has 1 N–H and O–H groups in total. The maximum atomic E-state index is 13.3. The molecule has 27 heavy (non-hydrogen) atoms. The van der Waals surface area contributed by atoms with E-state index in [1.165, 1.54) is 13.1 Å². The molecule has 0 aliphatic heterocycles. The lowest BCUT2D eigenvalue weighted by Gasteiger charge is -2.08. The maximum absolute atomic E-state index is 13.3. The molecule has 0 aliphatic carbocycles. The number of nitrogens with one attached hydrogen (secondary N) is 1. The predicted molar refractivity (Wildman–Crippen MR) is 89.8 cm³/mol. The van der Waals surface area contributed by atoms with Gasteiger partial charge in [0.25, 0.3) is 12.9 Å². The zero-order valence-corrected chi connectivity index (χ0v) is 14.4. The van der Waals surface area contributed by atoms with Gasteiger partial charge in [-0.2, -0.15) is 5.10 Å². The lowest BCUT2D eigenvalue weighted by atomic mass is 10.1. The standard InChI is InChI=1S/C17H15F4N5O/c1-8-3-4-22-12(5-8)24-13(27)7-26-17-14(9(2)25-26)10(15(18)19)6-11(23-17)16(20)21/h3-6,15-16H,7H2,1-2H3,(H,22,24,27). The molecule has 0 saturated heterocycles. The van der Waals surface area contributed by atoms with Crippen LogP contribution in [0.3, 0.4) is 0 Å². The normalized spacial score (nSPS) is 11.6. The van der Waals surface area contributed by atoms with Crippen molar-refractivity contribution in [3.63, 3.8) is 0 Å². The molecule has 0 spiro atoms. The van der Waals surface area contributed by atoms with E-state index in [1.54, 1.807) is 12.1 Å². The number of aryl methyl sites for hydroxylation is 2. The summed E-state index contributed by atoms with van der Waals surface area (Å²) in [5, 5.41) is 6.54. The first-order valence-electron chi connectivity index (χ1n) is 7.93. The van der Waals surface area contributed by atoms with Gasteiger partial charge in [-0.1, -0.05) is 0 Å². The smallest absolute Gasteiger partial charge is 0.280 e. The monoisotopic (exact) mass is 381 g/mol. The van der Waals surface area contributed by atoms with Crippen LogP contribution < -0.4 is 5.32 Å². The van der Waals surface area contributed by atoms with Gasteiger partial charge in [-0.3, -0.25) is 4.79 Å². The first-order chi connectivity index (χ1) is 12.8. The van der Waals surface area contributed by atoms with Gasteiger partial charge >= 0.3 is 0 Å². The van der Waals surface area contributed by atoms with Crippen LogP contribution in [0.1, 0.15) is 35.4 Å². The molecule has 0 aliphatic rings. The van der Waals surface area contributed by atoms with Gasteiger partial charge in [-0.25, -0.2) is 32.2 Å². The molecule has 0 unspecified atom stereocenters. The Morgan fingerprint density at radius 3 is 2.56 bits per heavy atom. The molecular weight excluding hydrogens is 366 g/mol. The van der Waals surface area contributed by atoms with Crippen molar-refractivity contribution in [2.45, 2.75) is 33.2 Å². The van der Waals surface area contributed by atoms with E-state index in [0.29, 0.717) is 11.9 Å². The van der Waals surface area contributed by atoms with Crippen molar-refractivity contribution in [2.24, 2.45) is 0 Å². The number of alkyl halides is 4. The Balaban J connectivity index is 1.98. The molecule has 3 aromatic heterocycles. The topological polar surface area (TPSA) is 72.7 Å². The lowest BCUT2D eigenvalue weighted by molar-refractivity contribution is -0.116. The minimum atomic E-state index is -3.03. The highest BCUT2D eigenvalue weighted by Gasteiger charge is 2.24. The van der Waals surface area contributed by atoms with E-state index >= 15 is 0 Å². The summed E-state index contributed by atoms with van der Waals surface area (Å²) >= 11 is 0. The second-order valence-corrected chi connectivity index (χ2v) is 5.95. The predicted octanol–water partition coefficient (Wildman–Crippen LogP) is 3.96. The molecule has 6 nitrogen and oxygen atoms in total. The first kappa shape index (κ1) is 18.7. The number of carbonyl (C=O) groups is 1. The number of hydrogen-bond donors (Lipinski definition) is 1. The largest absolute Gasteiger partial charge is 0.309 e. The van der Waals surface area contributed by atoms with E-state index in [0.717, 1.165) is 10.2 Å². The average Bonchev–Trinajstić information content (AvgIpc) is 2.89. The van der Waals surface area contributed by atoms with Crippen molar-refractivity contribution >= 4 is 22.8 Å². The number of aromatic nitrogens is 4. The van der Waals surface area contributed by atoms with Crippen LogP contribution in [0.4, 0.5) is 23.4 Å². The van der Waals surface area contributed by atoms with Crippen LogP contribution in [-0.4, -0.2) is 25.7 Å². The second kappa shape index (κ2) is 7.29. The van der Waals surface area contributed by atoms with Crippen LogP contribution >= 0.6 is 0 Å². The molecule has 0 aromatic carbocycles. The summed E-state index contributed by atoms with van der Waals surface area (Å²) in [6.45, 7) is 2.89. The molecule has 142 valence electrons. The molecule has 1 amide bonds. The van der Waals surface area contributed by atoms with Gasteiger partial charge in [0.15, 0.2) is 5.65 Å². The van der Waals surface area contributed by atoms with E-state index in [4.69, 9.17) is 0 Å². The fourth-order valence-electron chi connectivity index (χ4n) is 2.72. The molecule has 0 atom stereocenters. The fraction of sp³-hybridized carbons (Fsp3) is 0.294. The van der Waals surface area contributed by atoms with Gasteiger partial charge < -0.3 is 5.32 Å². The van der Waals surface area contributed by atoms with Gasteiger partial charge in [-0.15, -0.1) is 0 Å². The summed E-state index contributed by atoms with van der Waals surface area (Å²) in [4.78, 5) is 20.0. The summed E-state index contributed by atoms with van der Waals surface area (Å²) in [6.07, 6.45) is -4.49. The van der Waals surface area contributed by atoms with Crippen LogP contribution in [-0.2, 0) is 11.3 Å². The Labute approximate surface area is 151 Å². The van der Waals surface area contributed by atoms with Crippen LogP contribution in [0.25, 0.3) is 11.0 Å². The molecule has 3 heterocycles. The quantitative estimate of drug-likeness (QED) is 0.679. The minimum Gasteiger partial charge on any atom is -0.309 e. The highest BCUT2D eigenvalue weighted by Crippen LogP contribution is 2.32. The Hall–Kier alpha value is -3.04. The number of amides is 1. The van der Waals surface area contributed by atoms with Gasteiger partial charge in [0, 0.05) is 11.8 Å². The van der Waals surface area contributed by atoms with E-state index in [9.17, 15) is 22.4 Å². The average molecular weight is 381 g/mol. The molecule has 3 rings (SSSR count). The summed E-state index contributed by atoms with van der Waals surface area (Å²) in [5.74, 6) is -0.233. The number of carbonyl (C=O) groups excluding carboxylic acids is 1. The zero-order valence-electron chi connectivity index (χ0n) is 14.4. The molecule has 0 fully saturated rings. The second-order valence-electron chi connectivity index (χ2n) is 5.95. The van der Waals surface area contributed by atoms with Crippen molar-refractivity contribution in [3.05, 3.63) is 46.9 Å². The van der Waals surface area contributed by atoms with E-state index < -0.39 is 30.0 Å². The van der Waals surface area contributed by atoms with Gasteiger partial charge in [-0.05, 0) is 37.6 Å². The van der Waals surface area contributed by atoms with Gasteiger partial charge in [0.05, 0.1) is 11.1 Å². The van der Waals surface area contributed by atoms with Crippen molar-refractivity contribution in [1.82, 2.24) is 19.7 Å². The number of anilines is 1. The SMILES string of the molecule is Cc1ccnc(NC(=O)Cn2nc(C)c3c(C(F)F)cc(C(F)F)nc32)c1. The van der Waals surface area contributed by atoms with Crippen molar-refractivity contribution in [1.29, 1.82) is 0 Å². The molecule has 10 heteroatoms. The summed E-state index contributed by atoms with van der Waals surface area (Å²) in [7, 11) is 0. The van der Waals surface area contributed by atoms with Gasteiger partial charge in [0.1, 0.15) is 18.1 Å². The van der Waals surface area contributed by atoms with Crippen LogP contribution in [0, 0.1) is 13.8 Å². The number of nitrogens with zero attached hydrogens (tertiary/aromatic N) is 4. The Bertz CT molecular complexity index is 1000. The number of halogens is 4.